The number of aromatic nitrogens is 2. The van der Waals surface area contributed by atoms with Crippen molar-refractivity contribution in [2.45, 2.75) is 25.5 Å². The Bertz CT molecular complexity index is 984. The van der Waals surface area contributed by atoms with Crippen LogP contribution in [0.1, 0.15) is 30.5 Å². The first-order valence-corrected chi connectivity index (χ1v) is 10.8. The lowest BCUT2D eigenvalue weighted by molar-refractivity contribution is -0.130. The lowest BCUT2D eigenvalue weighted by Gasteiger charge is -2.17. The largest absolute Gasteiger partial charge is 0.343 e. The summed E-state index contributed by atoms with van der Waals surface area (Å²) in [4.78, 5) is 17.6. The zero-order chi connectivity index (χ0) is 21.8. The minimum Gasteiger partial charge on any atom is -0.343 e. The number of halogens is 3. The molecule has 1 heterocycles. The topological polar surface area (TPSA) is 92.3 Å². The van der Waals surface area contributed by atoms with Gasteiger partial charge in [0, 0.05) is 42.3 Å². The molecule has 2 aromatic rings. The Balaban J connectivity index is 2.24. The highest BCUT2D eigenvalue weighted by molar-refractivity contribution is 7.93. The summed E-state index contributed by atoms with van der Waals surface area (Å²) in [6, 6.07) is 0.763. The van der Waals surface area contributed by atoms with Gasteiger partial charge in [-0.15, -0.1) is 6.58 Å². The monoisotopic (exact) mass is 448 g/mol. The maximum atomic E-state index is 14.0. The molecule has 7 nitrogen and oxygen atoms in total. The fraction of sp³-hybridized carbons (Fsp3) is 0.353. The second-order valence-corrected chi connectivity index (χ2v) is 8.40. The molecule has 0 aliphatic heterocycles. The van der Waals surface area contributed by atoms with E-state index < -0.39 is 38.3 Å². The first-order chi connectivity index (χ1) is 13.6. The minimum atomic E-state index is -4.44. The van der Waals surface area contributed by atoms with Gasteiger partial charge in [0.2, 0.25) is 21.1 Å². The second-order valence-electron chi connectivity index (χ2n) is 5.85. The molecule has 1 aromatic heterocycles. The van der Waals surface area contributed by atoms with E-state index in [9.17, 15) is 26.4 Å². The molecule has 1 atom stereocenters. The van der Waals surface area contributed by atoms with Crippen LogP contribution in [0.2, 0.25) is 0 Å². The standard InChI is InChI=1S/C17H19F3N4O3S2/c1-4-13(16-11(19)7-10(18)8-12(16)20)29(26,27)23-17-21-14(22-28-17)9-15(25)24(5-2)6-3/h4,7-8,13H,1,5-6,9H2,2-3H3,(H,21,22,23). The zero-order valence-electron chi connectivity index (χ0n) is 15.7. The third-order valence-electron chi connectivity index (χ3n) is 4.00. The number of hydrogen-bond acceptors (Lipinski definition) is 6. The van der Waals surface area contributed by atoms with Crippen molar-refractivity contribution in [2.75, 3.05) is 17.8 Å². The van der Waals surface area contributed by atoms with Gasteiger partial charge < -0.3 is 4.90 Å². The van der Waals surface area contributed by atoms with Crippen molar-refractivity contribution in [3.63, 3.8) is 0 Å². The maximum Gasteiger partial charge on any atom is 0.245 e. The van der Waals surface area contributed by atoms with Crippen LogP contribution in [-0.4, -0.2) is 41.7 Å². The van der Waals surface area contributed by atoms with Crippen molar-refractivity contribution in [3.8, 4) is 0 Å². The number of carbonyl (C=O) groups is 1. The third kappa shape index (κ3) is 5.32. The van der Waals surface area contributed by atoms with E-state index in [-0.39, 0.29) is 23.3 Å². The van der Waals surface area contributed by atoms with Crippen molar-refractivity contribution in [2.24, 2.45) is 0 Å². The van der Waals surface area contributed by atoms with Gasteiger partial charge in [0.1, 0.15) is 22.7 Å². The van der Waals surface area contributed by atoms with Crippen LogP contribution in [0.4, 0.5) is 18.3 Å². The van der Waals surface area contributed by atoms with Gasteiger partial charge in [-0.2, -0.15) is 4.37 Å². The summed E-state index contributed by atoms with van der Waals surface area (Å²) in [7, 11) is -4.44. The zero-order valence-corrected chi connectivity index (χ0v) is 17.3. The first kappa shape index (κ1) is 22.8. The van der Waals surface area contributed by atoms with Crippen LogP contribution in [0, 0.1) is 17.5 Å². The van der Waals surface area contributed by atoms with Crippen LogP contribution >= 0.6 is 11.5 Å². The SMILES string of the molecule is C=CC(c1c(F)cc(F)cc1F)S(=O)(=O)Nc1nc(CC(=O)N(CC)CC)ns1. The van der Waals surface area contributed by atoms with E-state index in [4.69, 9.17) is 0 Å². The molecule has 29 heavy (non-hydrogen) atoms. The van der Waals surface area contributed by atoms with Crippen molar-refractivity contribution >= 4 is 32.6 Å². The fourth-order valence-electron chi connectivity index (χ4n) is 2.60. The molecule has 12 heteroatoms. The first-order valence-electron chi connectivity index (χ1n) is 8.51. The number of sulfonamides is 1. The quantitative estimate of drug-likeness (QED) is 0.596. The summed E-state index contributed by atoms with van der Waals surface area (Å²) in [5.41, 5.74) is -0.865. The van der Waals surface area contributed by atoms with Crippen molar-refractivity contribution in [3.05, 3.63) is 53.6 Å². The number of anilines is 1. The van der Waals surface area contributed by atoms with E-state index in [2.05, 4.69) is 20.7 Å². The fourth-order valence-corrected chi connectivity index (χ4v) is 4.75. The number of amides is 1. The van der Waals surface area contributed by atoms with Gasteiger partial charge in [-0.05, 0) is 13.8 Å². The van der Waals surface area contributed by atoms with Crippen molar-refractivity contribution in [1.82, 2.24) is 14.3 Å². The molecule has 1 N–H and O–H groups in total. The Kier molecular flexibility index (Phi) is 7.36. The normalized spacial score (nSPS) is 12.4. The van der Waals surface area contributed by atoms with Crippen LogP contribution in [-0.2, 0) is 21.2 Å². The minimum absolute atomic E-state index is 0.110. The van der Waals surface area contributed by atoms with Crippen LogP contribution in [0.15, 0.2) is 24.8 Å². The summed E-state index contributed by atoms with van der Waals surface area (Å²) < 4.78 is 72.4. The van der Waals surface area contributed by atoms with E-state index in [1.807, 2.05) is 13.8 Å². The molecule has 1 unspecified atom stereocenters. The van der Waals surface area contributed by atoms with E-state index in [0.29, 0.717) is 36.8 Å². The average Bonchev–Trinajstić information content (AvgIpc) is 3.04. The number of carbonyl (C=O) groups excluding carboxylic acids is 1. The number of nitrogens with zero attached hydrogens (tertiary/aromatic N) is 3. The molecule has 0 aliphatic rings. The Hall–Kier alpha value is -2.47. The average molecular weight is 448 g/mol. The molecule has 0 bridgehead atoms. The summed E-state index contributed by atoms with van der Waals surface area (Å²) >= 11 is 0.675. The van der Waals surface area contributed by atoms with Gasteiger partial charge >= 0.3 is 0 Å². The van der Waals surface area contributed by atoms with Gasteiger partial charge in [0.15, 0.2) is 5.82 Å². The molecule has 0 saturated heterocycles. The Labute approximate surface area is 170 Å². The third-order valence-corrected chi connectivity index (χ3v) is 6.37. The smallest absolute Gasteiger partial charge is 0.245 e. The van der Waals surface area contributed by atoms with E-state index in [0.717, 1.165) is 6.08 Å². The Morgan fingerprint density at radius 1 is 1.28 bits per heavy atom. The van der Waals surface area contributed by atoms with Crippen LogP contribution in [0.25, 0.3) is 0 Å². The molecule has 0 fully saturated rings. The van der Waals surface area contributed by atoms with E-state index >= 15 is 0 Å². The maximum absolute atomic E-state index is 14.0. The van der Waals surface area contributed by atoms with Gasteiger partial charge in [-0.3, -0.25) is 9.52 Å². The Morgan fingerprint density at radius 3 is 2.38 bits per heavy atom. The predicted molar refractivity (Wildman–Crippen MR) is 103 cm³/mol. The number of rotatable bonds is 9. The van der Waals surface area contributed by atoms with E-state index in [1.54, 1.807) is 4.90 Å². The van der Waals surface area contributed by atoms with Crippen LogP contribution in [0.3, 0.4) is 0 Å². The number of nitrogens with one attached hydrogen (secondary N) is 1. The van der Waals surface area contributed by atoms with Crippen LogP contribution in [0.5, 0.6) is 0 Å². The highest BCUT2D eigenvalue weighted by Crippen LogP contribution is 2.31. The molecule has 0 radical (unpaired) electrons. The highest BCUT2D eigenvalue weighted by atomic mass is 32.2. The van der Waals surface area contributed by atoms with Crippen molar-refractivity contribution < 1.29 is 26.4 Å². The van der Waals surface area contributed by atoms with Gasteiger partial charge in [-0.1, -0.05) is 6.08 Å². The molecule has 0 spiro atoms. The summed E-state index contributed by atoms with van der Waals surface area (Å²) in [5, 5.41) is -2.02. The molecule has 0 saturated carbocycles. The van der Waals surface area contributed by atoms with Gasteiger partial charge in [0.25, 0.3) is 0 Å². The molecule has 2 rings (SSSR count). The van der Waals surface area contributed by atoms with Gasteiger partial charge in [-0.25, -0.2) is 26.6 Å². The molecule has 158 valence electrons. The van der Waals surface area contributed by atoms with Gasteiger partial charge in [0.05, 0.1) is 6.42 Å². The predicted octanol–water partition coefficient (Wildman–Crippen LogP) is 3.04. The van der Waals surface area contributed by atoms with Crippen LogP contribution < -0.4 is 4.72 Å². The molecule has 1 aromatic carbocycles. The molecular formula is C17H19F3N4O3S2. The van der Waals surface area contributed by atoms with E-state index in [1.165, 1.54) is 0 Å². The summed E-state index contributed by atoms with van der Waals surface area (Å²) in [5.74, 6) is -4.01. The Morgan fingerprint density at radius 2 is 1.86 bits per heavy atom. The molecule has 0 aliphatic carbocycles. The number of likely N-dealkylation sites (N-methyl/N-ethyl adjacent to an activating group) is 1. The number of benzene rings is 1. The lowest BCUT2D eigenvalue weighted by Crippen LogP contribution is -2.32. The summed E-state index contributed by atoms with van der Waals surface area (Å²) in [6.07, 6.45) is 0.694. The lowest BCUT2D eigenvalue weighted by atomic mass is 10.1. The van der Waals surface area contributed by atoms with Crippen molar-refractivity contribution in [1.29, 1.82) is 0 Å². The molecule has 1 amide bonds. The molecular weight excluding hydrogens is 429 g/mol. The summed E-state index contributed by atoms with van der Waals surface area (Å²) in [6.45, 7) is 7.96. The highest BCUT2D eigenvalue weighted by Gasteiger charge is 2.31. The number of hydrogen-bond donors (Lipinski definition) is 1. The second kappa shape index (κ2) is 9.35.